The molecule has 148 valence electrons. The summed E-state index contributed by atoms with van der Waals surface area (Å²) in [5, 5.41) is 10.5. The number of thioether (sulfide) groups is 1. The molecule has 2 aromatic heterocycles. The minimum absolute atomic E-state index is 0.0333. The molecule has 0 aliphatic carbocycles. The average molecular weight is 407 g/mol. The Kier molecular flexibility index (Phi) is 5.40. The fraction of sp³-hybridized carbons (Fsp3) is 0.227. The van der Waals surface area contributed by atoms with Crippen molar-refractivity contribution in [2.45, 2.75) is 18.6 Å². The van der Waals surface area contributed by atoms with Crippen LogP contribution in [-0.2, 0) is 11.3 Å². The van der Waals surface area contributed by atoms with Gasteiger partial charge in [0.1, 0.15) is 5.75 Å². The van der Waals surface area contributed by atoms with Crippen molar-refractivity contribution < 1.29 is 9.53 Å². The number of benzene rings is 2. The first kappa shape index (κ1) is 19.3. The van der Waals surface area contributed by atoms with Gasteiger partial charge in [0.15, 0.2) is 10.8 Å². The van der Waals surface area contributed by atoms with Crippen molar-refractivity contribution in [1.82, 2.24) is 19.5 Å². The lowest BCUT2D eigenvalue weighted by molar-refractivity contribution is -0.127. The molecule has 29 heavy (non-hydrogen) atoms. The molecule has 0 unspecified atom stereocenters. The largest absolute Gasteiger partial charge is 0.497 e. The zero-order chi connectivity index (χ0) is 20.4. The van der Waals surface area contributed by atoms with Crippen molar-refractivity contribution in [3.63, 3.8) is 0 Å². The quantitative estimate of drug-likeness (QED) is 0.454. The third-order valence-electron chi connectivity index (χ3n) is 4.88. The number of carbonyl (C=O) groups is 1. The third-order valence-corrected chi connectivity index (χ3v) is 5.79. The fourth-order valence-electron chi connectivity index (χ4n) is 3.34. The zero-order valence-electron chi connectivity index (χ0n) is 16.6. The number of nitrogens with zero attached hydrogens (tertiary/aromatic N) is 4. The number of fused-ring (bicyclic) bond motifs is 3. The van der Waals surface area contributed by atoms with Gasteiger partial charge < -0.3 is 9.64 Å². The van der Waals surface area contributed by atoms with Crippen molar-refractivity contribution >= 4 is 34.2 Å². The molecule has 6 nitrogen and oxygen atoms in total. The van der Waals surface area contributed by atoms with Crippen LogP contribution in [0.5, 0.6) is 5.75 Å². The molecular weight excluding hydrogens is 384 g/mol. The maximum absolute atomic E-state index is 12.7. The lowest BCUT2D eigenvalue weighted by atomic mass is 10.1. The second-order valence-corrected chi connectivity index (χ2v) is 7.85. The molecule has 0 radical (unpaired) electrons. The molecule has 0 aliphatic heterocycles. The number of carbonyl (C=O) groups excluding carboxylic acids is 1. The zero-order valence-corrected chi connectivity index (χ0v) is 17.4. The minimum atomic E-state index is 0.0333. The van der Waals surface area contributed by atoms with Gasteiger partial charge in [-0.15, -0.1) is 10.2 Å². The van der Waals surface area contributed by atoms with E-state index in [0.717, 1.165) is 38.6 Å². The summed E-state index contributed by atoms with van der Waals surface area (Å²) in [5.74, 6) is 1.12. The number of hydrogen-bond acceptors (Lipinski definition) is 5. The lowest BCUT2D eigenvalue weighted by Gasteiger charge is -2.17. The highest BCUT2D eigenvalue weighted by Crippen LogP contribution is 2.26. The summed E-state index contributed by atoms with van der Waals surface area (Å²) in [6.07, 6.45) is 0. The molecule has 4 rings (SSSR count). The first-order chi connectivity index (χ1) is 14.1. The summed E-state index contributed by atoms with van der Waals surface area (Å²) in [4.78, 5) is 14.4. The van der Waals surface area contributed by atoms with E-state index in [1.54, 1.807) is 12.0 Å². The van der Waals surface area contributed by atoms with E-state index < -0.39 is 0 Å². The summed E-state index contributed by atoms with van der Waals surface area (Å²) < 4.78 is 7.27. The van der Waals surface area contributed by atoms with Gasteiger partial charge >= 0.3 is 0 Å². The molecule has 0 bridgehead atoms. The van der Waals surface area contributed by atoms with Crippen LogP contribution in [0, 0.1) is 6.92 Å². The van der Waals surface area contributed by atoms with E-state index in [4.69, 9.17) is 4.74 Å². The fourth-order valence-corrected chi connectivity index (χ4v) is 4.23. The number of para-hydroxylation sites is 1. The maximum Gasteiger partial charge on any atom is 0.233 e. The smallest absolute Gasteiger partial charge is 0.233 e. The van der Waals surface area contributed by atoms with E-state index in [2.05, 4.69) is 29.3 Å². The average Bonchev–Trinajstić information content (AvgIpc) is 3.15. The van der Waals surface area contributed by atoms with Gasteiger partial charge in [0.05, 0.1) is 18.4 Å². The summed E-state index contributed by atoms with van der Waals surface area (Å²) >= 11 is 1.41. The highest BCUT2D eigenvalue weighted by Gasteiger charge is 2.15. The molecule has 0 atom stereocenters. The molecule has 2 aromatic carbocycles. The van der Waals surface area contributed by atoms with Gasteiger partial charge in [0.2, 0.25) is 5.91 Å². The molecule has 0 N–H and O–H groups in total. The SMILES string of the molecule is COc1cccc(CN(C)C(=O)CSc2nnc3cc(C)c4ccccc4n23)c1. The Morgan fingerprint density at radius 3 is 2.79 bits per heavy atom. The van der Waals surface area contributed by atoms with E-state index >= 15 is 0 Å². The van der Waals surface area contributed by atoms with Crippen molar-refractivity contribution in [2.75, 3.05) is 19.9 Å². The highest BCUT2D eigenvalue weighted by molar-refractivity contribution is 7.99. The molecule has 0 aliphatic rings. The summed E-state index contributed by atoms with van der Waals surface area (Å²) in [7, 11) is 3.45. The Hall–Kier alpha value is -3.06. The van der Waals surface area contributed by atoms with Gasteiger partial charge in [0.25, 0.3) is 0 Å². The van der Waals surface area contributed by atoms with Crippen molar-refractivity contribution in [1.29, 1.82) is 0 Å². The molecule has 4 aromatic rings. The topological polar surface area (TPSA) is 59.7 Å². The number of rotatable bonds is 6. The normalized spacial score (nSPS) is 11.1. The Balaban J connectivity index is 1.50. The van der Waals surface area contributed by atoms with Gasteiger partial charge in [0, 0.05) is 19.0 Å². The number of methoxy groups -OCH3 is 1. The number of hydrogen-bond donors (Lipinski definition) is 0. The number of ether oxygens (including phenoxy) is 1. The van der Waals surface area contributed by atoms with Crippen LogP contribution in [-0.4, -0.2) is 45.3 Å². The number of pyridine rings is 1. The molecule has 0 saturated carbocycles. The molecule has 0 spiro atoms. The van der Waals surface area contributed by atoms with E-state index in [-0.39, 0.29) is 5.91 Å². The molecule has 7 heteroatoms. The third kappa shape index (κ3) is 3.91. The maximum atomic E-state index is 12.7. The van der Waals surface area contributed by atoms with Crippen LogP contribution < -0.4 is 4.74 Å². The highest BCUT2D eigenvalue weighted by atomic mass is 32.2. The van der Waals surface area contributed by atoms with Crippen LogP contribution in [0.2, 0.25) is 0 Å². The Morgan fingerprint density at radius 2 is 1.97 bits per heavy atom. The number of aryl methyl sites for hydroxylation is 1. The predicted octanol–water partition coefficient (Wildman–Crippen LogP) is 3.95. The van der Waals surface area contributed by atoms with Gasteiger partial charge in [-0.25, -0.2) is 0 Å². The molecular formula is C22H22N4O2S. The number of amides is 1. The van der Waals surface area contributed by atoms with Crippen LogP contribution in [0.4, 0.5) is 0 Å². The molecule has 0 fully saturated rings. The predicted molar refractivity (Wildman–Crippen MR) is 115 cm³/mol. The van der Waals surface area contributed by atoms with E-state index in [1.807, 2.05) is 53.9 Å². The summed E-state index contributed by atoms with van der Waals surface area (Å²) in [6, 6.07) is 17.9. The Bertz CT molecular complexity index is 1190. The second-order valence-electron chi connectivity index (χ2n) is 6.91. The minimum Gasteiger partial charge on any atom is -0.497 e. The van der Waals surface area contributed by atoms with Crippen LogP contribution in [0.3, 0.4) is 0 Å². The van der Waals surface area contributed by atoms with E-state index in [9.17, 15) is 4.79 Å². The number of aromatic nitrogens is 3. The van der Waals surface area contributed by atoms with Gasteiger partial charge in [-0.05, 0) is 42.3 Å². The first-order valence-electron chi connectivity index (χ1n) is 9.30. The van der Waals surface area contributed by atoms with Gasteiger partial charge in [-0.1, -0.05) is 42.1 Å². The Labute approximate surface area is 173 Å². The van der Waals surface area contributed by atoms with Crippen LogP contribution in [0.1, 0.15) is 11.1 Å². The second kappa shape index (κ2) is 8.13. The molecule has 1 amide bonds. The van der Waals surface area contributed by atoms with Crippen molar-refractivity contribution in [3.05, 3.63) is 65.7 Å². The first-order valence-corrected chi connectivity index (χ1v) is 10.3. The standard InChI is InChI=1S/C22H22N4O2S/c1-15-11-20-23-24-22(26(20)19-10-5-4-9-18(15)19)29-14-21(27)25(2)13-16-7-6-8-17(12-16)28-3/h4-12H,13-14H2,1-3H3. The van der Waals surface area contributed by atoms with Crippen molar-refractivity contribution in [2.24, 2.45) is 0 Å². The molecule has 2 heterocycles. The summed E-state index contributed by atoms with van der Waals surface area (Å²) in [6.45, 7) is 2.60. The van der Waals surface area contributed by atoms with Crippen LogP contribution in [0.25, 0.3) is 16.6 Å². The van der Waals surface area contributed by atoms with Crippen molar-refractivity contribution in [3.8, 4) is 5.75 Å². The van der Waals surface area contributed by atoms with Gasteiger partial charge in [-0.2, -0.15) is 0 Å². The van der Waals surface area contributed by atoms with E-state index in [0.29, 0.717) is 12.3 Å². The van der Waals surface area contributed by atoms with E-state index in [1.165, 1.54) is 11.8 Å². The van der Waals surface area contributed by atoms with Crippen LogP contribution >= 0.6 is 11.8 Å². The molecule has 0 saturated heterocycles. The Morgan fingerprint density at radius 1 is 1.14 bits per heavy atom. The summed E-state index contributed by atoms with van der Waals surface area (Å²) in [5.41, 5.74) is 4.03. The van der Waals surface area contributed by atoms with Gasteiger partial charge in [-0.3, -0.25) is 9.20 Å². The van der Waals surface area contributed by atoms with Crippen LogP contribution in [0.15, 0.2) is 59.8 Å². The monoisotopic (exact) mass is 406 g/mol. The lowest BCUT2D eigenvalue weighted by Crippen LogP contribution is -2.27.